The molecule has 0 aliphatic heterocycles. The van der Waals surface area contributed by atoms with Crippen LogP contribution in [0.15, 0.2) is 109 Å². The third-order valence-corrected chi connectivity index (χ3v) is 5.99. The number of hydrogen-bond acceptors (Lipinski definition) is 4. The molecule has 4 nitrogen and oxygen atoms in total. The molecule has 4 aromatic carbocycles. The van der Waals surface area contributed by atoms with E-state index < -0.39 is 5.41 Å². The average molecular weight is 455 g/mol. The molecule has 4 aromatic rings. The van der Waals surface area contributed by atoms with Crippen molar-refractivity contribution in [1.82, 2.24) is 0 Å². The molecule has 0 aliphatic carbocycles. The van der Waals surface area contributed by atoms with Gasteiger partial charge < -0.3 is 19.7 Å². The van der Waals surface area contributed by atoms with Gasteiger partial charge in [0.25, 0.3) is 0 Å². The molecule has 0 amide bonds. The van der Waals surface area contributed by atoms with E-state index in [1.54, 1.807) is 0 Å². The summed E-state index contributed by atoms with van der Waals surface area (Å²) in [5, 5.41) is 18.1. The van der Waals surface area contributed by atoms with Crippen LogP contribution in [0.1, 0.15) is 22.3 Å². The summed E-state index contributed by atoms with van der Waals surface area (Å²) in [7, 11) is 0. The molecule has 4 rings (SSSR count). The van der Waals surface area contributed by atoms with Crippen LogP contribution in [0.2, 0.25) is 0 Å². The quantitative estimate of drug-likeness (QED) is 0.313. The van der Waals surface area contributed by atoms with Crippen LogP contribution in [-0.2, 0) is 11.8 Å². The van der Waals surface area contributed by atoms with E-state index >= 15 is 0 Å². The molecule has 174 valence electrons. The molecule has 0 unspecified atom stereocenters. The molecule has 0 saturated heterocycles. The number of hydrogen-bond donors (Lipinski definition) is 2. The Morgan fingerprint density at radius 1 is 0.500 bits per heavy atom. The van der Waals surface area contributed by atoms with Crippen LogP contribution in [0.25, 0.3) is 0 Å². The van der Waals surface area contributed by atoms with Crippen molar-refractivity contribution in [3.63, 3.8) is 0 Å². The van der Waals surface area contributed by atoms with Gasteiger partial charge in [0.1, 0.15) is 24.7 Å². The van der Waals surface area contributed by atoms with E-state index in [0.29, 0.717) is 0 Å². The van der Waals surface area contributed by atoms with Gasteiger partial charge in [0.15, 0.2) is 0 Å². The van der Waals surface area contributed by atoms with Crippen LogP contribution in [0.4, 0.5) is 0 Å². The van der Waals surface area contributed by atoms with Crippen LogP contribution in [0.5, 0.6) is 11.5 Å². The zero-order valence-electron chi connectivity index (χ0n) is 19.1. The molecule has 0 fully saturated rings. The molecule has 0 aliphatic rings. The second kappa shape index (κ2) is 11.5. The third-order valence-electron chi connectivity index (χ3n) is 5.99. The maximum Gasteiger partial charge on any atom is 0.119 e. The van der Waals surface area contributed by atoms with Gasteiger partial charge in [-0.3, -0.25) is 0 Å². The molecular formula is C30H30O4. The molecule has 0 saturated carbocycles. The Bertz CT molecular complexity index is 1080. The molecule has 0 radical (unpaired) electrons. The normalized spacial score (nSPS) is 11.2. The SMILES string of the molecule is OCCOc1ccc(CC(c2ccccc2)(c2ccccc2)c2ccc(OCCO)cc2)cc1. The van der Waals surface area contributed by atoms with E-state index in [1.165, 1.54) is 16.7 Å². The maximum atomic E-state index is 9.09. The van der Waals surface area contributed by atoms with E-state index in [9.17, 15) is 0 Å². The Balaban J connectivity index is 1.82. The summed E-state index contributed by atoms with van der Waals surface area (Å²) in [6.45, 7) is 0.525. The van der Waals surface area contributed by atoms with E-state index in [4.69, 9.17) is 19.7 Å². The molecule has 4 heteroatoms. The fourth-order valence-electron chi connectivity index (χ4n) is 4.42. The Morgan fingerprint density at radius 2 is 0.912 bits per heavy atom. The fraction of sp³-hybridized carbons (Fsp3) is 0.200. The van der Waals surface area contributed by atoms with E-state index in [1.807, 2.05) is 36.4 Å². The van der Waals surface area contributed by atoms with Crippen LogP contribution < -0.4 is 9.47 Å². The highest BCUT2D eigenvalue weighted by Crippen LogP contribution is 2.42. The molecule has 0 heterocycles. The number of aliphatic hydroxyl groups is 2. The summed E-state index contributed by atoms with van der Waals surface area (Å²) in [4.78, 5) is 0. The minimum atomic E-state index is -0.425. The van der Waals surface area contributed by atoms with Gasteiger partial charge in [0, 0.05) is 5.41 Å². The number of benzene rings is 4. The smallest absolute Gasteiger partial charge is 0.119 e. The molecule has 2 N–H and O–H groups in total. The van der Waals surface area contributed by atoms with Crippen molar-refractivity contribution < 1.29 is 19.7 Å². The number of aliphatic hydroxyl groups excluding tert-OH is 2. The first kappa shape index (κ1) is 23.6. The largest absolute Gasteiger partial charge is 0.491 e. The first-order chi connectivity index (χ1) is 16.8. The molecule has 0 aromatic heterocycles. The fourth-order valence-corrected chi connectivity index (χ4v) is 4.42. The predicted octanol–water partition coefficient (Wildman–Crippen LogP) is 5.01. The first-order valence-electron chi connectivity index (χ1n) is 11.5. The molecule has 34 heavy (non-hydrogen) atoms. The van der Waals surface area contributed by atoms with Gasteiger partial charge in [-0.1, -0.05) is 84.9 Å². The monoisotopic (exact) mass is 454 g/mol. The first-order valence-corrected chi connectivity index (χ1v) is 11.5. The summed E-state index contributed by atoms with van der Waals surface area (Å²) in [5.41, 5.74) is 4.30. The van der Waals surface area contributed by atoms with Crippen molar-refractivity contribution in [1.29, 1.82) is 0 Å². The summed E-state index contributed by atoms with van der Waals surface area (Å²) in [6.07, 6.45) is 0.748. The van der Waals surface area contributed by atoms with Gasteiger partial charge in [-0.05, 0) is 52.9 Å². The van der Waals surface area contributed by atoms with Gasteiger partial charge in [-0.15, -0.1) is 0 Å². The predicted molar refractivity (Wildman–Crippen MR) is 135 cm³/mol. The van der Waals surface area contributed by atoms with Gasteiger partial charge in [-0.2, -0.15) is 0 Å². The van der Waals surface area contributed by atoms with Crippen LogP contribution >= 0.6 is 0 Å². The van der Waals surface area contributed by atoms with Crippen LogP contribution in [0, 0.1) is 0 Å². The van der Waals surface area contributed by atoms with Gasteiger partial charge in [-0.25, -0.2) is 0 Å². The van der Waals surface area contributed by atoms with Gasteiger partial charge in [0.2, 0.25) is 0 Å². The van der Waals surface area contributed by atoms with Crippen molar-refractivity contribution in [2.24, 2.45) is 0 Å². The van der Waals surface area contributed by atoms with Gasteiger partial charge >= 0.3 is 0 Å². The summed E-state index contributed by atoms with van der Waals surface area (Å²) in [6, 6.07) is 37.4. The van der Waals surface area contributed by atoms with E-state index in [0.717, 1.165) is 23.5 Å². The lowest BCUT2D eigenvalue weighted by atomic mass is 9.66. The topological polar surface area (TPSA) is 58.9 Å². The van der Waals surface area contributed by atoms with E-state index in [-0.39, 0.29) is 26.4 Å². The standard InChI is InChI=1S/C30H30O4/c31-19-21-33-28-15-11-24(12-16-28)23-30(25-7-3-1-4-8-25,26-9-5-2-6-10-26)27-13-17-29(18-14-27)34-22-20-32/h1-18,31-32H,19-23H2. The molecule has 0 atom stereocenters. The van der Waals surface area contributed by atoms with Crippen LogP contribution in [-0.4, -0.2) is 36.6 Å². The van der Waals surface area contributed by atoms with Crippen molar-refractivity contribution >= 4 is 0 Å². The second-order valence-corrected chi connectivity index (χ2v) is 8.13. The molecule has 0 spiro atoms. The van der Waals surface area contributed by atoms with Crippen molar-refractivity contribution in [3.8, 4) is 11.5 Å². The highest BCUT2D eigenvalue weighted by molar-refractivity contribution is 5.53. The van der Waals surface area contributed by atoms with E-state index in [2.05, 4.69) is 72.8 Å². The minimum absolute atomic E-state index is 0.00904. The summed E-state index contributed by atoms with van der Waals surface area (Å²) in [5.74, 6) is 1.48. The summed E-state index contributed by atoms with van der Waals surface area (Å²) < 4.78 is 11.2. The second-order valence-electron chi connectivity index (χ2n) is 8.13. The van der Waals surface area contributed by atoms with Crippen molar-refractivity contribution in [3.05, 3.63) is 131 Å². The minimum Gasteiger partial charge on any atom is -0.491 e. The number of rotatable bonds is 11. The Morgan fingerprint density at radius 3 is 1.35 bits per heavy atom. The molecule has 0 bridgehead atoms. The van der Waals surface area contributed by atoms with Crippen molar-refractivity contribution in [2.45, 2.75) is 11.8 Å². The Hall–Kier alpha value is -3.60. The highest BCUT2D eigenvalue weighted by atomic mass is 16.5. The van der Waals surface area contributed by atoms with Crippen molar-refractivity contribution in [2.75, 3.05) is 26.4 Å². The average Bonchev–Trinajstić information content (AvgIpc) is 2.91. The number of ether oxygens (including phenoxy) is 2. The van der Waals surface area contributed by atoms with Crippen LogP contribution in [0.3, 0.4) is 0 Å². The molecular weight excluding hydrogens is 424 g/mol. The summed E-state index contributed by atoms with van der Waals surface area (Å²) >= 11 is 0. The third kappa shape index (κ3) is 5.30. The van der Waals surface area contributed by atoms with Gasteiger partial charge in [0.05, 0.1) is 13.2 Å². The Kier molecular flexibility index (Phi) is 7.97. The zero-order valence-corrected chi connectivity index (χ0v) is 19.1. The highest BCUT2D eigenvalue weighted by Gasteiger charge is 2.36. The maximum absolute atomic E-state index is 9.09. The lowest BCUT2D eigenvalue weighted by Gasteiger charge is -2.36. The lowest BCUT2D eigenvalue weighted by Crippen LogP contribution is -2.32. The Labute approximate surface area is 201 Å². The lowest BCUT2D eigenvalue weighted by molar-refractivity contribution is 0.201. The zero-order chi connectivity index (χ0) is 23.6.